The molecule has 0 fully saturated rings. The molecule has 0 spiro atoms. The highest BCUT2D eigenvalue weighted by molar-refractivity contribution is 7.89. The molecular formula is C16H22N2O7S. The Morgan fingerprint density at radius 2 is 1.92 bits per heavy atom. The molecule has 1 amide bonds. The van der Waals surface area contributed by atoms with Crippen LogP contribution in [0.25, 0.3) is 0 Å². The molecule has 0 radical (unpaired) electrons. The van der Waals surface area contributed by atoms with Crippen LogP contribution in [-0.2, 0) is 24.3 Å². The van der Waals surface area contributed by atoms with Gasteiger partial charge in [0.2, 0.25) is 15.9 Å². The number of amides is 1. The van der Waals surface area contributed by atoms with Crippen molar-refractivity contribution in [3.8, 4) is 0 Å². The number of methoxy groups -OCH3 is 1. The number of carboxylic acids is 1. The van der Waals surface area contributed by atoms with Gasteiger partial charge >= 0.3 is 11.9 Å². The van der Waals surface area contributed by atoms with E-state index in [0.29, 0.717) is 5.56 Å². The molecule has 9 nitrogen and oxygen atoms in total. The molecule has 0 aliphatic carbocycles. The number of aliphatic carboxylic acids is 1. The fraction of sp³-hybridized carbons (Fsp3) is 0.438. The summed E-state index contributed by atoms with van der Waals surface area (Å²) in [5.41, 5.74) is 0.588. The smallest absolute Gasteiger partial charge is 0.338 e. The fourth-order valence-corrected chi connectivity index (χ4v) is 3.83. The first-order valence-electron chi connectivity index (χ1n) is 7.70. The van der Waals surface area contributed by atoms with Crippen LogP contribution in [0.15, 0.2) is 23.1 Å². The number of ether oxygens (including phenoxy) is 1. The van der Waals surface area contributed by atoms with Gasteiger partial charge in [0, 0.05) is 20.0 Å². The average Bonchev–Trinajstić information content (AvgIpc) is 2.57. The number of carbonyl (C=O) groups is 3. The largest absolute Gasteiger partial charge is 0.480 e. The van der Waals surface area contributed by atoms with Crippen LogP contribution in [0, 0.1) is 6.92 Å². The molecule has 0 heterocycles. The third-order valence-electron chi connectivity index (χ3n) is 3.72. The molecule has 26 heavy (non-hydrogen) atoms. The summed E-state index contributed by atoms with van der Waals surface area (Å²) in [7, 11) is -3.06. The van der Waals surface area contributed by atoms with E-state index in [0.717, 1.165) is 10.4 Å². The zero-order chi connectivity index (χ0) is 20.1. The highest BCUT2D eigenvalue weighted by atomic mass is 32.2. The van der Waals surface area contributed by atoms with E-state index in [-0.39, 0.29) is 29.5 Å². The SMILES string of the molecule is COC(=O)c1cc(S(=O)(=O)N(CCNC(C)=O)C(C)C(=O)O)ccc1C. The molecule has 1 unspecified atom stereocenters. The molecule has 0 saturated carbocycles. The predicted molar refractivity (Wildman–Crippen MR) is 92.2 cm³/mol. The molecule has 144 valence electrons. The van der Waals surface area contributed by atoms with Gasteiger partial charge in [-0.2, -0.15) is 4.31 Å². The normalized spacial score (nSPS) is 12.5. The van der Waals surface area contributed by atoms with Crippen LogP contribution in [0.1, 0.15) is 29.8 Å². The van der Waals surface area contributed by atoms with Crippen molar-refractivity contribution in [1.82, 2.24) is 9.62 Å². The summed E-state index contributed by atoms with van der Waals surface area (Å²) in [5, 5.41) is 11.7. The van der Waals surface area contributed by atoms with Crippen molar-refractivity contribution in [3.05, 3.63) is 29.3 Å². The first-order chi connectivity index (χ1) is 12.0. The summed E-state index contributed by atoms with van der Waals surface area (Å²) >= 11 is 0. The Hall–Kier alpha value is -2.46. The number of nitrogens with one attached hydrogen (secondary N) is 1. The molecule has 0 bridgehead atoms. The van der Waals surface area contributed by atoms with Gasteiger partial charge in [-0.3, -0.25) is 9.59 Å². The number of rotatable bonds is 8. The maximum Gasteiger partial charge on any atom is 0.338 e. The minimum atomic E-state index is -4.23. The number of hydrogen-bond donors (Lipinski definition) is 2. The number of esters is 1. The summed E-state index contributed by atoms with van der Waals surface area (Å²) in [6.45, 7) is 3.82. The Kier molecular flexibility index (Phi) is 7.28. The van der Waals surface area contributed by atoms with Crippen LogP contribution in [0.3, 0.4) is 0 Å². The Morgan fingerprint density at radius 3 is 2.42 bits per heavy atom. The van der Waals surface area contributed by atoms with Gasteiger partial charge in [0.05, 0.1) is 17.6 Å². The molecular weight excluding hydrogens is 364 g/mol. The topological polar surface area (TPSA) is 130 Å². The lowest BCUT2D eigenvalue weighted by Gasteiger charge is -2.26. The standard InChI is InChI=1S/C16H22N2O7S/c1-10-5-6-13(9-14(10)16(22)25-4)26(23,24)18(11(2)15(20)21)8-7-17-12(3)19/h5-6,9,11H,7-8H2,1-4H3,(H,17,19)(H,20,21). The van der Waals surface area contributed by atoms with Crippen LogP contribution in [0.5, 0.6) is 0 Å². The van der Waals surface area contributed by atoms with E-state index in [9.17, 15) is 27.9 Å². The second-order valence-corrected chi connectivity index (χ2v) is 7.47. The lowest BCUT2D eigenvalue weighted by atomic mass is 10.1. The molecule has 2 N–H and O–H groups in total. The number of nitrogens with zero attached hydrogens (tertiary/aromatic N) is 1. The molecule has 1 rings (SSSR count). The maximum atomic E-state index is 12.9. The minimum Gasteiger partial charge on any atom is -0.480 e. The number of benzene rings is 1. The zero-order valence-electron chi connectivity index (χ0n) is 15.0. The van der Waals surface area contributed by atoms with Gasteiger partial charge in [-0.05, 0) is 31.5 Å². The number of sulfonamides is 1. The second-order valence-electron chi connectivity index (χ2n) is 5.58. The molecule has 10 heteroatoms. The number of carboxylic acid groups (broad SMARTS) is 1. The molecule has 1 aromatic rings. The minimum absolute atomic E-state index is 0.0537. The Labute approximate surface area is 152 Å². The van der Waals surface area contributed by atoms with Crippen LogP contribution < -0.4 is 5.32 Å². The molecule has 1 aromatic carbocycles. The van der Waals surface area contributed by atoms with E-state index in [1.807, 2.05) is 0 Å². The van der Waals surface area contributed by atoms with Crippen molar-refractivity contribution < 1.29 is 32.6 Å². The first kappa shape index (κ1) is 21.6. The Morgan fingerprint density at radius 1 is 1.31 bits per heavy atom. The number of carbonyl (C=O) groups excluding carboxylic acids is 2. The highest BCUT2D eigenvalue weighted by Crippen LogP contribution is 2.22. The van der Waals surface area contributed by atoms with E-state index in [2.05, 4.69) is 10.1 Å². The average molecular weight is 386 g/mol. The van der Waals surface area contributed by atoms with E-state index in [1.165, 1.54) is 33.1 Å². The van der Waals surface area contributed by atoms with Gasteiger partial charge in [0.1, 0.15) is 6.04 Å². The summed E-state index contributed by atoms with van der Waals surface area (Å²) in [5.74, 6) is -2.40. The lowest BCUT2D eigenvalue weighted by molar-refractivity contribution is -0.140. The van der Waals surface area contributed by atoms with Gasteiger partial charge in [-0.1, -0.05) is 6.07 Å². The third-order valence-corrected chi connectivity index (χ3v) is 5.68. The van der Waals surface area contributed by atoms with Gasteiger partial charge < -0.3 is 15.2 Å². The van der Waals surface area contributed by atoms with Crippen LogP contribution in [0.4, 0.5) is 0 Å². The maximum absolute atomic E-state index is 12.9. The molecule has 0 saturated heterocycles. The lowest BCUT2D eigenvalue weighted by Crippen LogP contribution is -2.46. The van der Waals surface area contributed by atoms with Crippen LogP contribution >= 0.6 is 0 Å². The second kappa shape index (κ2) is 8.77. The summed E-state index contributed by atoms with van der Waals surface area (Å²) in [6, 6.07) is 2.51. The van der Waals surface area contributed by atoms with Gasteiger partial charge in [0.15, 0.2) is 0 Å². The van der Waals surface area contributed by atoms with Crippen LogP contribution in [-0.4, -0.2) is 61.9 Å². The van der Waals surface area contributed by atoms with E-state index in [4.69, 9.17) is 0 Å². The van der Waals surface area contributed by atoms with Crippen molar-refractivity contribution in [2.45, 2.75) is 31.7 Å². The van der Waals surface area contributed by atoms with Gasteiger partial charge in [0.25, 0.3) is 0 Å². The van der Waals surface area contributed by atoms with Crippen molar-refractivity contribution in [1.29, 1.82) is 0 Å². The summed E-state index contributed by atoms with van der Waals surface area (Å²) in [4.78, 5) is 33.9. The van der Waals surface area contributed by atoms with Crippen LogP contribution in [0.2, 0.25) is 0 Å². The van der Waals surface area contributed by atoms with E-state index in [1.54, 1.807) is 6.92 Å². The summed E-state index contributed by atoms with van der Waals surface area (Å²) < 4.78 is 31.2. The van der Waals surface area contributed by atoms with Crippen molar-refractivity contribution in [2.24, 2.45) is 0 Å². The predicted octanol–water partition coefficient (Wildman–Crippen LogP) is 0.382. The Balaban J connectivity index is 3.32. The zero-order valence-corrected chi connectivity index (χ0v) is 15.8. The number of aryl methyl sites for hydroxylation is 1. The van der Waals surface area contributed by atoms with Gasteiger partial charge in [-0.15, -0.1) is 0 Å². The highest BCUT2D eigenvalue weighted by Gasteiger charge is 2.33. The van der Waals surface area contributed by atoms with Crippen molar-refractivity contribution in [2.75, 3.05) is 20.2 Å². The van der Waals surface area contributed by atoms with E-state index >= 15 is 0 Å². The van der Waals surface area contributed by atoms with E-state index < -0.39 is 28.0 Å². The molecule has 0 aliphatic rings. The van der Waals surface area contributed by atoms with Gasteiger partial charge in [-0.25, -0.2) is 13.2 Å². The summed E-state index contributed by atoms with van der Waals surface area (Å²) in [6.07, 6.45) is 0. The number of hydrogen-bond acceptors (Lipinski definition) is 6. The quantitative estimate of drug-likeness (QED) is 0.618. The molecule has 0 aliphatic heterocycles. The monoisotopic (exact) mass is 386 g/mol. The molecule has 1 atom stereocenters. The first-order valence-corrected chi connectivity index (χ1v) is 9.14. The van der Waals surface area contributed by atoms with Crippen molar-refractivity contribution in [3.63, 3.8) is 0 Å². The molecule has 0 aromatic heterocycles. The fourth-order valence-electron chi connectivity index (χ4n) is 2.21. The van der Waals surface area contributed by atoms with Crippen molar-refractivity contribution >= 4 is 27.9 Å². The Bertz CT molecular complexity index is 805. The third kappa shape index (κ3) is 5.02.